The van der Waals surface area contributed by atoms with Crippen LogP contribution in [0.4, 0.5) is 5.95 Å². The lowest BCUT2D eigenvalue weighted by Gasteiger charge is -2.40. The van der Waals surface area contributed by atoms with Crippen LogP contribution in [0.15, 0.2) is 35.2 Å². The van der Waals surface area contributed by atoms with Crippen LogP contribution in [-0.4, -0.2) is 49.0 Å². The Labute approximate surface area is 173 Å². The molecule has 1 saturated heterocycles. The van der Waals surface area contributed by atoms with E-state index in [1.165, 1.54) is 0 Å². The molecular weight excluding hydrogens is 382 g/mol. The first-order valence-electron chi connectivity index (χ1n) is 10.3. The second-order valence-electron chi connectivity index (χ2n) is 8.05. The number of hydrogen-bond acceptors (Lipinski definition) is 8. The Balaban J connectivity index is 1.25. The summed E-state index contributed by atoms with van der Waals surface area (Å²) < 4.78 is 5.33. The van der Waals surface area contributed by atoms with Crippen molar-refractivity contribution in [1.82, 2.24) is 30.0 Å². The Morgan fingerprint density at radius 3 is 2.97 bits per heavy atom. The molecule has 0 bridgehead atoms. The average molecular weight is 405 g/mol. The molecule has 1 aliphatic heterocycles. The molecule has 1 fully saturated rings. The Morgan fingerprint density at radius 1 is 1.23 bits per heavy atom. The number of piperidine rings is 1. The Hall–Kier alpha value is -3.36. The molecule has 2 aliphatic rings. The molecule has 3 aromatic rings. The molecule has 2 N–H and O–H groups in total. The number of nitrogens with zero attached hydrogens (tertiary/aromatic N) is 6. The molecule has 1 unspecified atom stereocenters. The lowest BCUT2D eigenvalue weighted by Crippen LogP contribution is -2.48. The normalized spacial score (nSPS) is 20.5. The van der Waals surface area contributed by atoms with E-state index in [1.807, 2.05) is 23.2 Å². The van der Waals surface area contributed by atoms with Crippen LogP contribution in [-0.2, 0) is 23.1 Å². The number of likely N-dealkylation sites (tertiary alicyclic amines) is 1. The van der Waals surface area contributed by atoms with Crippen molar-refractivity contribution < 1.29 is 9.32 Å². The summed E-state index contributed by atoms with van der Waals surface area (Å²) in [5.41, 5.74) is 8.78. The fourth-order valence-corrected chi connectivity index (χ4v) is 4.64. The maximum Gasteiger partial charge on any atom is 0.227 e. The summed E-state index contributed by atoms with van der Waals surface area (Å²) in [6.45, 7) is 1.45. The zero-order valence-electron chi connectivity index (χ0n) is 16.6. The van der Waals surface area contributed by atoms with E-state index in [0.717, 1.165) is 49.0 Å². The number of nitrogen functional groups attached to an aromatic ring is 1. The highest BCUT2D eigenvalue weighted by Gasteiger charge is 2.44. The van der Waals surface area contributed by atoms with Gasteiger partial charge >= 0.3 is 0 Å². The SMILES string of the molecule is Nc1ncc2c(n1)C1(CCCN(C(=O)CCc3nc(-c4ccncc4)no3)C1)CC2. The number of aromatic nitrogens is 5. The van der Waals surface area contributed by atoms with E-state index >= 15 is 0 Å². The van der Waals surface area contributed by atoms with Gasteiger partial charge in [0.2, 0.25) is 23.6 Å². The third-order valence-corrected chi connectivity index (χ3v) is 6.15. The minimum absolute atomic E-state index is 0.0979. The summed E-state index contributed by atoms with van der Waals surface area (Å²) >= 11 is 0. The van der Waals surface area contributed by atoms with Gasteiger partial charge in [-0.3, -0.25) is 9.78 Å². The third kappa shape index (κ3) is 3.40. The zero-order chi connectivity index (χ0) is 20.6. The van der Waals surface area contributed by atoms with Gasteiger partial charge in [0.1, 0.15) is 0 Å². The maximum absolute atomic E-state index is 12.9. The van der Waals surface area contributed by atoms with Crippen molar-refractivity contribution >= 4 is 11.9 Å². The van der Waals surface area contributed by atoms with Gasteiger partial charge in [0.25, 0.3) is 0 Å². The van der Waals surface area contributed by atoms with Crippen molar-refractivity contribution in [3.63, 3.8) is 0 Å². The van der Waals surface area contributed by atoms with Crippen LogP contribution < -0.4 is 5.73 Å². The monoisotopic (exact) mass is 405 g/mol. The molecule has 3 aromatic heterocycles. The highest BCUT2D eigenvalue weighted by Crippen LogP contribution is 2.44. The number of nitrogens with two attached hydrogens (primary N) is 1. The van der Waals surface area contributed by atoms with Gasteiger partial charge in [0.15, 0.2) is 0 Å². The van der Waals surface area contributed by atoms with Gasteiger partial charge in [0, 0.05) is 55.5 Å². The van der Waals surface area contributed by atoms with E-state index in [0.29, 0.717) is 37.0 Å². The predicted molar refractivity (Wildman–Crippen MR) is 108 cm³/mol. The first-order valence-corrected chi connectivity index (χ1v) is 10.3. The molecule has 1 atom stereocenters. The summed E-state index contributed by atoms with van der Waals surface area (Å²) in [4.78, 5) is 32.0. The van der Waals surface area contributed by atoms with Crippen molar-refractivity contribution in [3.05, 3.63) is 47.9 Å². The van der Waals surface area contributed by atoms with Gasteiger partial charge < -0.3 is 15.2 Å². The third-order valence-electron chi connectivity index (χ3n) is 6.15. The van der Waals surface area contributed by atoms with Crippen LogP contribution in [0.25, 0.3) is 11.4 Å². The maximum atomic E-state index is 12.9. The van der Waals surface area contributed by atoms with E-state index in [9.17, 15) is 4.79 Å². The molecule has 9 heteroatoms. The van der Waals surface area contributed by atoms with Crippen LogP contribution >= 0.6 is 0 Å². The Morgan fingerprint density at radius 2 is 2.10 bits per heavy atom. The number of pyridine rings is 1. The Kier molecular flexibility index (Phi) is 4.65. The van der Waals surface area contributed by atoms with Crippen LogP contribution in [0.2, 0.25) is 0 Å². The quantitative estimate of drug-likeness (QED) is 0.698. The Bertz CT molecular complexity index is 1060. The molecule has 0 saturated carbocycles. The van der Waals surface area contributed by atoms with Crippen molar-refractivity contribution in [3.8, 4) is 11.4 Å². The summed E-state index contributed by atoms with van der Waals surface area (Å²) in [6.07, 6.45) is 9.88. The van der Waals surface area contributed by atoms with Crippen molar-refractivity contribution in [2.75, 3.05) is 18.8 Å². The predicted octanol–water partition coefficient (Wildman–Crippen LogP) is 1.94. The van der Waals surface area contributed by atoms with E-state index in [1.54, 1.807) is 12.4 Å². The summed E-state index contributed by atoms with van der Waals surface area (Å²) in [6, 6.07) is 3.64. The smallest absolute Gasteiger partial charge is 0.227 e. The fraction of sp³-hybridized carbons (Fsp3) is 0.429. The molecule has 0 radical (unpaired) electrons. The molecule has 30 heavy (non-hydrogen) atoms. The minimum Gasteiger partial charge on any atom is -0.368 e. The summed E-state index contributed by atoms with van der Waals surface area (Å²) in [7, 11) is 0. The first kappa shape index (κ1) is 18.7. The highest BCUT2D eigenvalue weighted by atomic mass is 16.5. The van der Waals surface area contributed by atoms with Gasteiger partial charge in [-0.1, -0.05) is 5.16 Å². The number of fused-ring (bicyclic) bond motifs is 2. The van der Waals surface area contributed by atoms with Gasteiger partial charge in [-0.2, -0.15) is 4.98 Å². The number of amides is 1. The second kappa shape index (κ2) is 7.47. The number of carbonyl (C=O) groups excluding carboxylic acids is 1. The second-order valence-corrected chi connectivity index (χ2v) is 8.05. The number of rotatable bonds is 4. The molecule has 0 aromatic carbocycles. The number of aryl methyl sites for hydroxylation is 2. The van der Waals surface area contributed by atoms with Gasteiger partial charge in [0.05, 0.1) is 5.69 Å². The zero-order valence-corrected chi connectivity index (χ0v) is 16.6. The molecule has 1 amide bonds. The molecular formula is C21H23N7O2. The summed E-state index contributed by atoms with van der Waals surface area (Å²) in [5.74, 6) is 1.39. The van der Waals surface area contributed by atoms with Crippen LogP contribution in [0, 0.1) is 0 Å². The molecule has 154 valence electrons. The molecule has 1 spiro atoms. The number of carbonyl (C=O) groups is 1. The standard InChI is InChI=1S/C21H23N7O2/c22-20-24-12-15-4-8-21(18(15)26-20)7-1-11-28(13-21)17(29)3-2-16-25-19(27-30-16)14-5-9-23-10-6-14/h5-6,9-10,12H,1-4,7-8,11,13H2,(H2,22,24,26). The van der Waals surface area contributed by atoms with E-state index in [2.05, 4.69) is 25.1 Å². The average Bonchev–Trinajstić information content (AvgIpc) is 3.38. The van der Waals surface area contributed by atoms with Crippen molar-refractivity contribution in [2.24, 2.45) is 0 Å². The first-order chi connectivity index (χ1) is 14.6. The molecule has 9 nitrogen and oxygen atoms in total. The summed E-state index contributed by atoms with van der Waals surface area (Å²) in [5, 5.41) is 4.00. The van der Waals surface area contributed by atoms with Crippen LogP contribution in [0.1, 0.15) is 42.8 Å². The van der Waals surface area contributed by atoms with Gasteiger partial charge in [-0.05, 0) is 43.4 Å². The van der Waals surface area contributed by atoms with Crippen LogP contribution in [0.3, 0.4) is 0 Å². The molecule has 1 aliphatic carbocycles. The van der Waals surface area contributed by atoms with E-state index < -0.39 is 0 Å². The van der Waals surface area contributed by atoms with Crippen molar-refractivity contribution in [2.45, 2.75) is 43.9 Å². The minimum atomic E-state index is -0.0979. The molecule has 5 rings (SSSR count). The highest BCUT2D eigenvalue weighted by molar-refractivity contribution is 5.76. The fourth-order valence-electron chi connectivity index (χ4n) is 4.64. The largest absolute Gasteiger partial charge is 0.368 e. The van der Waals surface area contributed by atoms with Crippen molar-refractivity contribution in [1.29, 1.82) is 0 Å². The van der Waals surface area contributed by atoms with E-state index in [-0.39, 0.29) is 11.3 Å². The van der Waals surface area contributed by atoms with E-state index in [4.69, 9.17) is 10.3 Å². The topological polar surface area (TPSA) is 124 Å². The molecule has 4 heterocycles. The van der Waals surface area contributed by atoms with Crippen LogP contribution in [0.5, 0.6) is 0 Å². The van der Waals surface area contributed by atoms with Gasteiger partial charge in [-0.25, -0.2) is 9.97 Å². The lowest BCUT2D eigenvalue weighted by atomic mass is 9.77. The lowest BCUT2D eigenvalue weighted by molar-refractivity contribution is -0.133. The number of anilines is 1. The number of hydrogen-bond donors (Lipinski definition) is 1. The van der Waals surface area contributed by atoms with Gasteiger partial charge in [-0.15, -0.1) is 0 Å².